The van der Waals surface area contributed by atoms with Crippen molar-refractivity contribution in [3.63, 3.8) is 0 Å². The second kappa shape index (κ2) is 6.87. The lowest BCUT2D eigenvalue weighted by Crippen LogP contribution is -2.28. The van der Waals surface area contributed by atoms with Crippen molar-refractivity contribution in [1.29, 1.82) is 0 Å². The lowest BCUT2D eigenvalue weighted by Gasteiger charge is -2.16. The maximum atomic E-state index is 4.14. The third-order valence-corrected chi connectivity index (χ3v) is 3.14. The molecule has 0 spiro atoms. The predicted molar refractivity (Wildman–Crippen MR) is 73.3 cm³/mol. The van der Waals surface area contributed by atoms with Gasteiger partial charge in [-0.3, -0.25) is 9.97 Å². The van der Waals surface area contributed by atoms with Crippen molar-refractivity contribution in [2.24, 2.45) is 0 Å². The number of rotatable bonds is 6. The van der Waals surface area contributed by atoms with Crippen LogP contribution in [0.2, 0.25) is 0 Å². The third-order valence-electron chi connectivity index (χ3n) is 3.14. The highest BCUT2D eigenvalue weighted by molar-refractivity contribution is 5.12. The molecular formula is C15H19N3. The smallest absolute Gasteiger partial charge is 0.0299 e. The minimum atomic E-state index is 0.493. The van der Waals surface area contributed by atoms with Crippen molar-refractivity contribution in [2.45, 2.75) is 25.3 Å². The Balaban J connectivity index is 1.86. The number of aromatic nitrogens is 2. The molecule has 0 aliphatic carbocycles. The van der Waals surface area contributed by atoms with Gasteiger partial charge in [0.05, 0.1) is 0 Å². The molecule has 0 aliphatic rings. The minimum absolute atomic E-state index is 0.493. The molecule has 1 unspecified atom stereocenters. The molecule has 3 nitrogen and oxygen atoms in total. The van der Waals surface area contributed by atoms with Gasteiger partial charge in [-0.15, -0.1) is 0 Å². The highest BCUT2D eigenvalue weighted by atomic mass is 14.9. The number of aryl methyl sites for hydroxylation is 1. The van der Waals surface area contributed by atoms with Crippen LogP contribution in [0.1, 0.15) is 17.5 Å². The summed E-state index contributed by atoms with van der Waals surface area (Å²) in [6.07, 6.45) is 10.7. The molecule has 0 amide bonds. The number of hydrogen-bond donors (Lipinski definition) is 1. The summed E-state index contributed by atoms with van der Waals surface area (Å²) in [5.41, 5.74) is 2.63. The van der Waals surface area contributed by atoms with Gasteiger partial charge in [-0.05, 0) is 55.6 Å². The number of nitrogens with one attached hydrogen (secondary N) is 1. The SMILES string of the molecule is CNC(CCc1cccnc1)Cc1ccncc1. The van der Waals surface area contributed by atoms with Crippen LogP contribution in [0.25, 0.3) is 0 Å². The summed E-state index contributed by atoms with van der Waals surface area (Å²) in [6.45, 7) is 0. The van der Waals surface area contributed by atoms with Crippen LogP contribution in [0, 0.1) is 0 Å². The van der Waals surface area contributed by atoms with Gasteiger partial charge in [0.2, 0.25) is 0 Å². The molecule has 1 atom stereocenters. The van der Waals surface area contributed by atoms with E-state index in [1.165, 1.54) is 11.1 Å². The van der Waals surface area contributed by atoms with Gasteiger partial charge in [0.1, 0.15) is 0 Å². The standard InChI is InChI=1S/C15H19N3/c1-16-15(11-13-6-9-17-10-7-13)5-4-14-3-2-8-18-12-14/h2-3,6-10,12,15-16H,4-5,11H2,1H3. The molecule has 0 saturated carbocycles. The Kier molecular flexibility index (Phi) is 4.85. The van der Waals surface area contributed by atoms with E-state index in [0.29, 0.717) is 6.04 Å². The quantitative estimate of drug-likeness (QED) is 0.843. The zero-order chi connectivity index (χ0) is 12.6. The summed E-state index contributed by atoms with van der Waals surface area (Å²) in [5.74, 6) is 0. The molecule has 2 aromatic rings. The van der Waals surface area contributed by atoms with Gasteiger partial charge in [-0.2, -0.15) is 0 Å². The van der Waals surface area contributed by atoms with E-state index in [4.69, 9.17) is 0 Å². The molecule has 0 saturated heterocycles. The largest absolute Gasteiger partial charge is 0.317 e. The van der Waals surface area contributed by atoms with E-state index in [-0.39, 0.29) is 0 Å². The summed E-state index contributed by atoms with van der Waals surface area (Å²) in [5, 5.41) is 3.38. The van der Waals surface area contributed by atoms with E-state index >= 15 is 0 Å². The van der Waals surface area contributed by atoms with Gasteiger partial charge in [0.15, 0.2) is 0 Å². The van der Waals surface area contributed by atoms with Crippen LogP contribution >= 0.6 is 0 Å². The number of pyridine rings is 2. The van der Waals surface area contributed by atoms with Gasteiger partial charge >= 0.3 is 0 Å². The summed E-state index contributed by atoms with van der Waals surface area (Å²) in [4.78, 5) is 8.19. The average molecular weight is 241 g/mol. The van der Waals surface area contributed by atoms with Crippen molar-refractivity contribution in [3.05, 3.63) is 60.2 Å². The van der Waals surface area contributed by atoms with E-state index in [2.05, 4.69) is 33.5 Å². The fraction of sp³-hybridized carbons (Fsp3) is 0.333. The van der Waals surface area contributed by atoms with Crippen LogP contribution in [-0.2, 0) is 12.8 Å². The lowest BCUT2D eigenvalue weighted by molar-refractivity contribution is 0.519. The molecule has 18 heavy (non-hydrogen) atoms. The Morgan fingerprint density at radius 3 is 2.56 bits per heavy atom. The molecule has 94 valence electrons. The van der Waals surface area contributed by atoms with Crippen molar-refractivity contribution in [2.75, 3.05) is 7.05 Å². The first-order valence-corrected chi connectivity index (χ1v) is 6.33. The average Bonchev–Trinajstić information content (AvgIpc) is 2.45. The van der Waals surface area contributed by atoms with Gasteiger partial charge in [-0.25, -0.2) is 0 Å². The third kappa shape index (κ3) is 3.93. The number of nitrogens with zero attached hydrogens (tertiary/aromatic N) is 2. The van der Waals surface area contributed by atoms with Crippen LogP contribution in [0.3, 0.4) is 0 Å². The van der Waals surface area contributed by atoms with Crippen LogP contribution < -0.4 is 5.32 Å². The van der Waals surface area contributed by atoms with Crippen LogP contribution in [0.5, 0.6) is 0 Å². The van der Waals surface area contributed by atoms with E-state index in [0.717, 1.165) is 19.3 Å². The molecule has 2 aromatic heterocycles. The fourth-order valence-corrected chi connectivity index (χ4v) is 2.04. The highest BCUT2D eigenvalue weighted by Gasteiger charge is 2.07. The highest BCUT2D eigenvalue weighted by Crippen LogP contribution is 2.08. The lowest BCUT2D eigenvalue weighted by atomic mass is 10.0. The van der Waals surface area contributed by atoms with Crippen LogP contribution in [0.15, 0.2) is 49.1 Å². The van der Waals surface area contributed by atoms with E-state index in [1.54, 1.807) is 0 Å². The zero-order valence-electron chi connectivity index (χ0n) is 10.7. The van der Waals surface area contributed by atoms with Crippen LogP contribution in [0.4, 0.5) is 0 Å². The van der Waals surface area contributed by atoms with E-state index in [9.17, 15) is 0 Å². The molecule has 3 heteroatoms. The van der Waals surface area contributed by atoms with Crippen molar-refractivity contribution in [3.8, 4) is 0 Å². The summed E-state index contributed by atoms with van der Waals surface area (Å²) in [7, 11) is 2.02. The Bertz CT molecular complexity index is 442. The van der Waals surface area contributed by atoms with Gasteiger partial charge in [-0.1, -0.05) is 6.07 Å². The predicted octanol–water partition coefficient (Wildman–Crippen LogP) is 2.24. The monoisotopic (exact) mass is 241 g/mol. The van der Waals surface area contributed by atoms with Gasteiger partial charge < -0.3 is 5.32 Å². The number of hydrogen-bond acceptors (Lipinski definition) is 3. The molecule has 0 aliphatic heterocycles. The minimum Gasteiger partial charge on any atom is -0.317 e. The van der Waals surface area contributed by atoms with E-state index < -0.39 is 0 Å². The zero-order valence-corrected chi connectivity index (χ0v) is 10.7. The molecule has 0 radical (unpaired) electrons. The topological polar surface area (TPSA) is 37.8 Å². The van der Waals surface area contributed by atoms with E-state index in [1.807, 2.05) is 37.9 Å². The molecule has 2 heterocycles. The Hall–Kier alpha value is -1.74. The Morgan fingerprint density at radius 1 is 1.06 bits per heavy atom. The number of likely N-dealkylation sites (N-methyl/N-ethyl adjacent to an activating group) is 1. The van der Waals surface area contributed by atoms with Crippen molar-refractivity contribution >= 4 is 0 Å². The summed E-state index contributed by atoms with van der Waals surface area (Å²) < 4.78 is 0. The molecule has 2 rings (SSSR count). The van der Waals surface area contributed by atoms with Crippen molar-refractivity contribution in [1.82, 2.24) is 15.3 Å². The first-order valence-electron chi connectivity index (χ1n) is 6.33. The van der Waals surface area contributed by atoms with Crippen molar-refractivity contribution < 1.29 is 0 Å². The fourth-order valence-electron chi connectivity index (χ4n) is 2.04. The first-order chi connectivity index (χ1) is 8.88. The molecule has 0 bridgehead atoms. The summed E-state index contributed by atoms with van der Waals surface area (Å²) >= 11 is 0. The van der Waals surface area contributed by atoms with Crippen LogP contribution in [-0.4, -0.2) is 23.1 Å². The van der Waals surface area contributed by atoms with Gasteiger partial charge in [0.25, 0.3) is 0 Å². The maximum Gasteiger partial charge on any atom is 0.0299 e. The molecule has 0 fully saturated rings. The van der Waals surface area contributed by atoms with Gasteiger partial charge in [0, 0.05) is 30.8 Å². The molecule has 1 N–H and O–H groups in total. The normalized spacial score (nSPS) is 12.3. The maximum absolute atomic E-state index is 4.14. The molecular weight excluding hydrogens is 222 g/mol. The molecule has 0 aromatic carbocycles. The first kappa shape index (κ1) is 12.7. The second-order valence-electron chi connectivity index (χ2n) is 4.45. The summed E-state index contributed by atoms with van der Waals surface area (Å²) in [6, 6.07) is 8.77. The Morgan fingerprint density at radius 2 is 1.89 bits per heavy atom. The Labute approximate surface area is 108 Å². The second-order valence-corrected chi connectivity index (χ2v) is 4.45.